The highest BCUT2D eigenvalue weighted by molar-refractivity contribution is 5.99. The molecule has 1 aromatic carbocycles. The van der Waals surface area contributed by atoms with Crippen LogP contribution in [0.1, 0.15) is 24.0 Å². The van der Waals surface area contributed by atoms with Crippen molar-refractivity contribution in [1.82, 2.24) is 5.32 Å². The predicted octanol–water partition coefficient (Wildman–Crippen LogP) is 1.31. The molecule has 1 saturated heterocycles. The Morgan fingerprint density at radius 2 is 2.19 bits per heavy atom. The molecule has 1 aliphatic rings. The second-order valence-corrected chi connectivity index (χ2v) is 4.89. The molecule has 0 saturated carbocycles. The number of hydrogen-bond acceptors (Lipinski definition) is 3. The first-order chi connectivity index (χ1) is 9.95. The van der Waals surface area contributed by atoms with Crippen LogP contribution >= 0.6 is 0 Å². The van der Waals surface area contributed by atoms with E-state index in [1.165, 1.54) is 6.08 Å². The van der Waals surface area contributed by atoms with Crippen LogP contribution in [0.3, 0.4) is 0 Å². The van der Waals surface area contributed by atoms with E-state index in [1.54, 1.807) is 18.2 Å². The number of carbonyl (C=O) groups is 3. The second kappa shape index (κ2) is 6.21. The zero-order valence-electron chi connectivity index (χ0n) is 11.6. The Bertz CT molecular complexity index is 622. The maximum atomic E-state index is 12.0. The summed E-state index contributed by atoms with van der Waals surface area (Å²) in [7, 11) is 0. The van der Waals surface area contributed by atoms with Gasteiger partial charge in [0, 0.05) is 18.2 Å². The van der Waals surface area contributed by atoms with Crippen molar-refractivity contribution in [1.29, 1.82) is 0 Å². The SMILES string of the molecule is Cc1cc(NC(=O)C2CCC(=O)N2)ccc1C=CC(=O)O. The fourth-order valence-corrected chi connectivity index (χ4v) is 2.14. The third-order valence-electron chi connectivity index (χ3n) is 3.25. The van der Waals surface area contributed by atoms with Crippen molar-refractivity contribution in [3.8, 4) is 0 Å². The number of nitrogens with one attached hydrogen (secondary N) is 2. The minimum Gasteiger partial charge on any atom is -0.478 e. The lowest BCUT2D eigenvalue weighted by atomic mass is 10.1. The van der Waals surface area contributed by atoms with E-state index in [0.29, 0.717) is 18.5 Å². The van der Waals surface area contributed by atoms with E-state index in [4.69, 9.17) is 5.11 Å². The molecule has 3 N–H and O–H groups in total. The van der Waals surface area contributed by atoms with Gasteiger partial charge in [0.1, 0.15) is 6.04 Å². The van der Waals surface area contributed by atoms with E-state index in [2.05, 4.69) is 10.6 Å². The largest absolute Gasteiger partial charge is 0.478 e. The van der Waals surface area contributed by atoms with Crippen LogP contribution in [0.5, 0.6) is 0 Å². The van der Waals surface area contributed by atoms with Crippen LogP contribution in [-0.2, 0) is 14.4 Å². The van der Waals surface area contributed by atoms with E-state index >= 15 is 0 Å². The Balaban J connectivity index is 2.04. The molecule has 1 atom stereocenters. The fraction of sp³-hybridized carbons (Fsp3) is 0.267. The number of amides is 2. The number of anilines is 1. The maximum absolute atomic E-state index is 12.0. The molecule has 1 aromatic rings. The molecule has 0 bridgehead atoms. The number of carboxylic acid groups (broad SMARTS) is 1. The topological polar surface area (TPSA) is 95.5 Å². The fourth-order valence-electron chi connectivity index (χ4n) is 2.14. The Kier molecular flexibility index (Phi) is 4.37. The molecule has 6 nitrogen and oxygen atoms in total. The standard InChI is InChI=1S/C15H16N2O4/c1-9-8-11(4-2-10(9)3-7-14(19)20)16-15(21)12-5-6-13(18)17-12/h2-4,7-8,12H,5-6H2,1H3,(H,16,21)(H,17,18)(H,19,20). The van der Waals surface area contributed by atoms with Gasteiger partial charge in [-0.2, -0.15) is 0 Å². The third-order valence-corrected chi connectivity index (χ3v) is 3.25. The lowest BCUT2D eigenvalue weighted by Gasteiger charge is -2.12. The zero-order valence-corrected chi connectivity index (χ0v) is 11.6. The highest BCUT2D eigenvalue weighted by Crippen LogP contribution is 2.17. The van der Waals surface area contributed by atoms with Gasteiger partial charge in [-0.1, -0.05) is 6.07 Å². The van der Waals surface area contributed by atoms with Gasteiger partial charge in [-0.25, -0.2) is 4.79 Å². The van der Waals surface area contributed by atoms with Crippen molar-refractivity contribution in [3.05, 3.63) is 35.4 Å². The highest BCUT2D eigenvalue weighted by Gasteiger charge is 2.27. The van der Waals surface area contributed by atoms with Crippen LogP contribution in [0.2, 0.25) is 0 Å². The van der Waals surface area contributed by atoms with Crippen molar-refractivity contribution in [3.63, 3.8) is 0 Å². The van der Waals surface area contributed by atoms with E-state index in [0.717, 1.165) is 17.2 Å². The van der Waals surface area contributed by atoms with Crippen molar-refractivity contribution < 1.29 is 19.5 Å². The summed E-state index contributed by atoms with van der Waals surface area (Å²) in [5, 5.41) is 14.0. The van der Waals surface area contributed by atoms with Crippen LogP contribution in [0.25, 0.3) is 6.08 Å². The van der Waals surface area contributed by atoms with Gasteiger partial charge in [0.25, 0.3) is 0 Å². The molecule has 0 radical (unpaired) electrons. The summed E-state index contributed by atoms with van der Waals surface area (Å²) < 4.78 is 0. The number of rotatable bonds is 4. The Hall–Kier alpha value is -2.63. The van der Waals surface area contributed by atoms with Gasteiger partial charge in [-0.15, -0.1) is 0 Å². The lowest BCUT2D eigenvalue weighted by molar-refractivity contribution is -0.131. The van der Waals surface area contributed by atoms with Gasteiger partial charge in [0.05, 0.1) is 0 Å². The summed E-state index contributed by atoms with van der Waals surface area (Å²) in [5.74, 6) is -1.36. The summed E-state index contributed by atoms with van der Waals surface area (Å²) >= 11 is 0. The molecular weight excluding hydrogens is 272 g/mol. The second-order valence-electron chi connectivity index (χ2n) is 4.89. The normalized spacial score (nSPS) is 17.8. The van der Waals surface area contributed by atoms with Gasteiger partial charge in [0.2, 0.25) is 11.8 Å². The molecule has 2 rings (SSSR count). The smallest absolute Gasteiger partial charge is 0.328 e. The number of hydrogen-bond donors (Lipinski definition) is 3. The average Bonchev–Trinajstić information content (AvgIpc) is 2.84. The first kappa shape index (κ1) is 14.8. The minimum atomic E-state index is -1.01. The Labute approximate surface area is 121 Å². The molecule has 1 aliphatic heterocycles. The molecule has 1 unspecified atom stereocenters. The average molecular weight is 288 g/mol. The van der Waals surface area contributed by atoms with Crippen molar-refractivity contribution in [2.45, 2.75) is 25.8 Å². The van der Waals surface area contributed by atoms with E-state index in [1.807, 2.05) is 6.92 Å². The van der Waals surface area contributed by atoms with Gasteiger partial charge in [-0.05, 0) is 42.7 Å². The highest BCUT2D eigenvalue weighted by atomic mass is 16.4. The summed E-state index contributed by atoms with van der Waals surface area (Å²) in [5.41, 5.74) is 2.23. The van der Waals surface area contributed by atoms with Gasteiger partial charge >= 0.3 is 5.97 Å². The quantitative estimate of drug-likeness (QED) is 0.728. The molecule has 1 heterocycles. The lowest BCUT2D eigenvalue weighted by Crippen LogP contribution is -2.37. The first-order valence-corrected chi connectivity index (χ1v) is 6.57. The molecule has 21 heavy (non-hydrogen) atoms. The Morgan fingerprint density at radius 1 is 1.43 bits per heavy atom. The Morgan fingerprint density at radius 3 is 2.76 bits per heavy atom. The minimum absolute atomic E-state index is 0.111. The van der Waals surface area contributed by atoms with E-state index in [-0.39, 0.29) is 11.8 Å². The molecule has 1 fully saturated rings. The molecule has 2 amide bonds. The molecule has 0 aliphatic carbocycles. The molecule has 0 aromatic heterocycles. The van der Waals surface area contributed by atoms with Gasteiger partial charge in [-0.3, -0.25) is 9.59 Å². The van der Waals surface area contributed by atoms with Crippen molar-refractivity contribution in [2.75, 3.05) is 5.32 Å². The third kappa shape index (κ3) is 3.92. The number of carboxylic acids is 1. The molecule has 0 spiro atoms. The van der Waals surface area contributed by atoms with Gasteiger partial charge in [0.15, 0.2) is 0 Å². The van der Waals surface area contributed by atoms with Gasteiger partial charge < -0.3 is 15.7 Å². The summed E-state index contributed by atoms with van der Waals surface area (Å²) in [6, 6.07) is 4.71. The summed E-state index contributed by atoms with van der Waals surface area (Å²) in [6.45, 7) is 1.83. The monoisotopic (exact) mass is 288 g/mol. The van der Waals surface area contributed by atoms with Crippen molar-refractivity contribution >= 4 is 29.5 Å². The van der Waals surface area contributed by atoms with E-state index in [9.17, 15) is 14.4 Å². The van der Waals surface area contributed by atoms with Crippen LogP contribution in [0.4, 0.5) is 5.69 Å². The number of aryl methyl sites for hydroxylation is 1. The maximum Gasteiger partial charge on any atom is 0.328 e. The summed E-state index contributed by atoms with van der Waals surface area (Å²) in [4.78, 5) is 33.5. The molecule has 6 heteroatoms. The number of aliphatic carboxylic acids is 1. The number of benzene rings is 1. The predicted molar refractivity (Wildman–Crippen MR) is 77.6 cm³/mol. The number of carbonyl (C=O) groups excluding carboxylic acids is 2. The van der Waals surface area contributed by atoms with Crippen LogP contribution in [-0.4, -0.2) is 28.9 Å². The summed E-state index contributed by atoms with van der Waals surface area (Å²) in [6.07, 6.45) is 3.44. The van der Waals surface area contributed by atoms with Crippen LogP contribution < -0.4 is 10.6 Å². The van der Waals surface area contributed by atoms with Crippen LogP contribution in [0.15, 0.2) is 24.3 Å². The molecular formula is C15H16N2O4. The first-order valence-electron chi connectivity index (χ1n) is 6.57. The van der Waals surface area contributed by atoms with E-state index < -0.39 is 12.0 Å². The van der Waals surface area contributed by atoms with Crippen LogP contribution in [0, 0.1) is 6.92 Å². The zero-order chi connectivity index (χ0) is 15.4. The molecule has 110 valence electrons. The van der Waals surface area contributed by atoms with Crippen molar-refractivity contribution in [2.24, 2.45) is 0 Å².